The number of hydrogen-bond donors (Lipinski definition) is 1. The summed E-state index contributed by atoms with van der Waals surface area (Å²) in [5, 5.41) is 6.58. The highest BCUT2D eigenvalue weighted by Gasteiger charge is 2.13. The molecule has 0 aromatic carbocycles. The fourth-order valence-electron chi connectivity index (χ4n) is 2.19. The van der Waals surface area contributed by atoms with E-state index in [1.165, 1.54) is 24.2 Å². The Hall–Kier alpha value is -1.88. The summed E-state index contributed by atoms with van der Waals surface area (Å²) in [4.78, 5) is 18.6. The van der Waals surface area contributed by atoms with E-state index in [0.29, 0.717) is 5.56 Å². The number of aromatic nitrogens is 1. The molecule has 1 aliphatic heterocycles. The van der Waals surface area contributed by atoms with Crippen molar-refractivity contribution in [3.8, 4) is 0 Å². The number of thiophene rings is 1. The molecule has 0 saturated carbocycles. The summed E-state index contributed by atoms with van der Waals surface area (Å²) in [6.45, 7) is 2.15. The SMILES string of the molecule is O=C(Nc1ccc(N2CCCC2)nc1)c1ccsc1. The van der Waals surface area contributed by atoms with Gasteiger partial charge < -0.3 is 10.2 Å². The first-order valence-electron chi connectivity index (χ1n) is 6.37. The van der Waals surface area contributed by atoms with E-state index in [2.05, 4.69) is 15.2 Å². The largest absolute Gasteiger partial charge is 0.357 e. The lowest BCUT2D eigenvalue weighted by atomic mass is 10.3. The zero-order chi connectivity index (χ0) is 13.1. The number of nitrogens with one attached hydrogen (secondary N) is 1. The summed E-state index contributed by atoms with van der Waals surface area (Å²) in [5.74, 6) is 0.906. The van der Waals surface area contributed by atoms with Crippen molar-refractivity contribution in [1.82, 2.24) is 4.98 Å². The second kappa shape index (κ2) is 5.40. The molecule has 0 aliphatic carbocycles. The molecular weight excluding hydrogens is 258 g/mol. The third-order valence-corrected chi connectivity index (χ3v) is 3.90. The molecule has 19 heavy (non-hydrogen) atoms. The van der Waals surface area contributed by atoms with Crippen molar-refractivity contribution >= 4 is 28.7 Å². The molecule has 3 rings (SSSR count). The topological polar surface area (TPSA) is 45.2 Å². The normalized spacial score (nSPS) is 14.6. The van der Waals surface area contributed by atoms with E-state index in [1.807, 2.05) is 29.0 Å². The molecule has 0 spiro atoms. The quantitative estimate of drug-likeness (QED) is 0.935. The molecule has 0 unspecified atom stereocenters. The number of nitrogens with zero attached hydrogens (tertiary/aromatic N) is 2. The van der Waals surface area contributed by atoms with E-state index in [1.54, 1.807) is 6.20 Å². The molecule has 0 bridgehead atoms. The van der Waals surface area contributed by atoms with E-state index >= 15 is 0 Å². The van der Waals surface area contributed by atoms with Crippen molar-refractivity contribution in [2.45, 2.75) is 12.8 Å². The molecular formula is C14H15N3OS. The molecule has 1 saturated heterocycles. The minimum atomic E-state index is -0.0861. The van der Waals surface area contributed by atoms with Gasteiger partial charge in [0.1, 0.15) is 5.82 Å². The van der Waals surface area contributed by atoms with Crippen LogP contribution in [0.2, 0.25) is 0 Å². The fourth-order valence-corrected chi connectivity index (χ4v) is 2.83. The molecule has 2 aromatic heterocycles. The van der Waals surface area contributed by atoms with Crippen molar-refractivity contribution in [1.29, 1.82) is 0 Å². The second-order valence-electron chi connectivity index (χ2n) is 4.57. The van der Waals surface area contributed by atoms with Crippen molar-refractivity contribution in [3.63, 3.8) is 0 Å². The van der Waals surface area contributed by atoms with Crippen LogP contribution in [0.15, 0.2) is 35.2 Å². The molecule has 0 atom stereocenters. The average molecular weight is 273 g/mol. The van der Waals surface area contributed by atoms with Crippen LogP contribution in [-0.4, -0.2) is 24.0 Å². The predicted octanol–water partition coefficient (Wildman–Crippen LogP) is 3.00. The van der Waals surface area contributed by atoms with Crippen molar-refractivity contribution < 1.29 is 4.79 Å². The van der Waals surface area contributed by atoms with Gasteiger partial charge in [0.25, 0.3) is 5.91 Å². The third-order valence-electron chi connectivity index (χ3n) is 3.22. The van der Waals surface area contributed by atoms with Crippen LogP contribution in [0.5, 0.6) is 0 Å². The molecule has 1 amide bonds. The molecule has 1 aliphatic rings. The Kier molecular flexibility index (Phi) is 3.46. The van der Waals surface area contributed by atoms with Crippen LogP contribution in [0.4, 0.5) is 11.5 Å². The summed E-state index contributed by atoms with van der Waals surface area (Å²) < 4.78 is 0. The molecule has 4 nitrogen and oxygen atoms in total. The first-order chi connectivity index (χ1) is 9.33. The second-order valence-corrected chi connectivity index (χ2v) is 5.35. The van der Waals surface area contributed by atoms with Crippen LogP contribution in [0.25, 0.3) is 0 Å². The highest BCUT2D eigenvalue weighted by atomic mass is 32.1. The standard InChI is InChI=1S/C14H15N3OS/c18-14(11-5-8-19-10-11)16-12-3-4-13(15-9-12)17-6-1-2-7-17/h3-5,8-10H,1-2,6-7H2,(H,16,18). The zero-order valence-electron chi connectivity index (χ0n) is 10.5. The molecule has 1 fully saturated rings. The van der Waals surface area contributed by atoms with Gasteiger partial charge in [0.05, 0.1) is 17.4 Å². The molecule has 2 aromatic rings. The maximum atomic E-state index is 11.9. The van der Waals surface area contributed by atoms with Crippen LogP contribution in [0.3, 0.4) is 0 Å². The minimum absolute atomic E-state index is 0.0861. The van der Waals surface area contributed by atoms with Crippen LogP contribution in [0, 0.1) is 0 Å². The number of pyridine rings is 1. The van der Waals surface area contributed by atoms with Gasteiger partial charge in [-0.1, -0.05) is 0 Å². The van der Waals surface area contributed by atoms with Crippen LogP contribution >= 0.6 is 11.3 Å². The molecule has 5 heteroatoms. The summed E-state index contributed by atoms with van der Waals surface area (Å²) in [7, 11) is 0. The number of amides is 1. The van der Waals surface area contributed by atoms with Gasteiger partial charge in [-0.25, -0.2) is 4.98 Å². The Labute approximate surface area is 116 Å². The van der Waals surface area contributed by atoms with Crippen molar-refractivity contribution in [3.05, 3.63) is 40.7 Å². The Bertz CT molecular complexity index is 545. The summed E-state index contributed by atoms with van der Waals surface area (Å²) in [5.41, 5.74) is 1.42. The highest BCUT2D eigenvalue weighted by Crippen LogP contribution is 2.19. The first kappa shape index (κ1) is 12.2. The zero-order valence-corrected chi connectivity index (χ0v) is 11.3. The van der Waals surface area contributed by atoms with Gasteiger partial charge in [-0.3, -0.25) is 4.79 Å². The van der Waals surface area contributed by atoms with Crippen molar-refractivity contribution in [2.75, 3.05) is 23.3 Å². The fraction of sp³-hybridized carbons (Fsp3) is 0.286. The number of rotatable bonds is 3. The van der Waals surface area contributed by atoms with E-state index in [-0.39, 0.29) is 5.91 Å². The monoisotopic (exact) mass is 273 g/mol. The van der Waals surface area contributed by atoms with Crippen LogP contribution in [-0.2, 0) is 0 Å². The van der Waals surface area contributed by atoms with Gasteiger partial charge in [-0.15, -0.1) is 0 Å². The van der Waals surface area contributed by atoms with Crippen LogP contribution in [0.1, 0.15) is 23.2 Å². The summed E-state index contributed by atoms with van der Waals surface area (Å²) in [6.07, 6.45) is 4.19. The first-order valence-corrected chi connectivity index (χ1v) is 7.32. The molecule has 0 radical (unpaired) electrons. The lowest BCUT2D eigenvalue weighted by Gasteiger charge is -2.16. The summed E-state index contributed by atoms with van der Waals surface area (Å²) >= 11 is 1.51. The van der Waals surface area contributed by atoms with Gasteiger partial charge in [-0.05, 0) is 36.4 Å². The minimum Gasteiger partial charge on any atom is -0.357 e. The van der Waals surface area contributed by atoms with Crippen LogP contribution < -0.4 is 10.2 Å². The van der Waals surface area contributed by atoms with Gasteiger partial charge in [0.15, 0.2) is 0 Å². The Balaban J connectivity index is 1.67. The Morgan fingerprint density at radius 2 is 2.11 bits per heavy atom. The van der Waals surface area contributed by atoms with E-state index in [9.17, 15) is 4.79 Å². The number of carbonyl (C=O) groups is 1. The number of carbonyl (C=O) groups excluding carboxylic acids is 1. The highest BCUT2D eigenvalue weighted by molar-refractivity contribution is 7.08. The van der Waals surface area contributed by atoms with E-state index < -0.39 is 0 Å². The smallest absolute Gasteiger partial charge is 0.256 e. The van der Waals surface area contributed by atoms with Crippen molar-refractivity contribution in [2.24, 2.45) is 0 Å². The lowest BCUT2D eigenvalue weighted by molar-refractivity contribution is 0.102. The van der Waals surface area contributed by atoms with E-state index in [0.717, 1.165) is 24.6 Å². The van der Waals surface area contributed by atoms with Gasteiger partial charge in [0, 0.05) is 18.5 Å². The molecule has 1 N–H and O–H groups in total. The van der Waals surface area contributed by atoms with Gasteiger partial charge >= 0.3 is 0 Å². The summed E-state index contributed by atoms with van der Waals surface area (Å²) in [6, 6.07) is 5.69. The van der Waals surface area contributed by atoms with E-state index in [4.69, 9.17) is 0 Å². The maximum Gasteiger partial charge on any atom is 0.256 e. The Morgan fingerprint density at radius 3 is 2.74 bits per heavy atom. The predicted molar refractivity (Wildman–Crippen MR) is 78.0 cm³/mol. The maximum absolute atomic E-state index is 11.9. The average Bonchev–Trinajstić information content (AvgIpc) is 3.13. The number of hydrogen-bond acceptors (Lipinski definition) is 4. The third kappa shape index (κ3) is 2.76. The molecule has 3 heterocycles. The van der Waals surface area contributed by atoms with Gasteiger partial charge in [0.2, 0.25) is 0 Å². The van der Waals surface area contributed by atoms with Gasteiger partial charge in [-0.2, -0.15) is 11.3 Å². The lowest BCUT2D eigenvalue weighted by Crippen LogP contribution is -2.19. The molecule has 98 valence electrons. The number of anilines is 2. The Morgan fingerprint density at radius 1 is 1.26 bits per heavy atom.